The standard InChI is InChI=1S/C19H20N2O2.C6H6/c20-18(22)13-21(19(23)16-6-2-1-3-7-16)12-14-5-4-8-17(11-14)15-9-10-15;1-2-4-6-5-3-1/h1-8,11,15H,9-10,12-13H2,(H2,20,22);1-6H. The van der Waals surface area contributed by atoms with Crippen molar-refractivity contribution < 1.29 is 9.59 Å². The summed E-state index contributed by atoms with van der Waals surface area (Å²) in [5, 5.41) is 0. The molecule has 29 heavy (non-hydrogen) atoms. The first-order valence-electron chi connectivity index (χ1n) is 9.85. The van der Waals surface area contributed by atoms with Crippen LogP contribution in [0.15, 0.2) is 91.0 Å². The largest absolute Gasteiger partial charge is 0.368 e. The van der Waals surface area contributed by atoms with Gasteiger partial charge in [0.05, 0.1) is 6.54 Å². The summed E-state index contributed by atoms with van der Waals surface area (Å²) in [6, 6.07) is 29.2. The van der Waals surface area contributed by atoms with Crippen LogP contribution < -0.4 is 5.73 Å². The highest BCUT2D eigenvalue weighted by Crippen LogP contribution is 2.40. The SMILES string of the molecule is NC(=O)CN(Cc1cccc(C2CC2)c1)C(=O)c1ccccc1.c1ccccc1. The normalized spacial score (nSPS) is 12.4. The summed E-state index contributed by atoms with van der Waals surface area (Å²) < 4.78 is 0. The lowest BCUT2D eigenvalue weighted by Crippen LogP contribution is -2.38. The average molecular weight is 386 g/mol. The van der Waals surface area contributed by atoms with E-state index >= 15 is 0 Å². The summed E-state index contributed by atoms with van der Waals surface area (Å²) >= 11 is 0. The lowest BCUT2D eigenvalue weighted by molar-refractivity contribution is -0.118. The summed E-state index contributed by atoms with van der Waals surface area (Å²) in [5.74, 6) is -0.0294. The van der Waals surface area contributed by atoms with E-state index in [1.165, 1.54) is 23.3 Å². The first kappa shape index (κ1) is 20.3. The van der Waals surface area contributed by atoms with Crippen LogP contribution in [0.4, 0.5) is 0 Å². The smallest absolute Gasteiger partial charge is 0.254 e. The molecule has 4 rings (SSSR count). The van der Waals surface area contributed by atoms with Crippen LogP contribution in [0.1, 0.15) is 40.2 Å². The Kier molecular flexibility index (Phi) is 7.17. The topological polar surface area (TPSA) is 63.4 Å². The highest BCUT2D eigenvalue weighted by Gasteiger charge is 2.24. The van der Waals surface area contributed by atoms with Crippen LogP contribution in [-0.4, -0.2) is 23.3 Å². The fraction of sp³-hybridized carbons (Fsp3) is 0.200. The van der Waals surface area contributed by atoms with Crippen LogP contribution in [0.5, 0.6) is 0 Å². The monoisotopic (exact) mass is 386 g/mol. The van der Waals surface area contributed by atoms with Crippen LogP contribution in [0.25, 0.3) is 0 Å². The number of primary amides is 1. The van der Waals surface area contributed by atoms with Crippen molar-refractivity contribution in [1.82, 2.24) is 4.90 Å². The van der Waals surface area contributed by atoms with Gasteiger partial charge in [0.15, 0.2) is 0 Å². The number of carbonyl (C=O) groups is 2. The second-order valence-electron chi connectivity index (χ2n) is 7.17. The van der Waals surface area contributed by atoms with Crippen LogP contribution in [-0.2, 0) is 11.3 Å². The van der Waals surface area contributed by atoms with Crippen LogP contribution in [0.2, 0.25) is 0 Å². The Bertz CT molecular complexity index is 895. The van der Waals surface area contributed by atoms with Crippen molar-refractivity contribution in [3.63, 3.8) is 0 Å². The van der Waals surface area contributed by atoms with Crippen LogP contribution in [0.3, 0.4) is 0 Å². The number of nitrogens with zero attached hydrogens (tertiary/aromatic N) is 1. The minimum Gasteiger partial charge on any atom is -0.368 e. The molecule has 2 amide bonds. The molecule has 1 aliphatic carbocycles. The first-order chi connectivity index (χ1) is 14.1. The zero-order valence-corrected chi connectivity index (χ0v) is 16.4. The quantitative estimate of drug-likeness (QED) is 0.683. The maximum Gasteiger partial charge on any atom is 0.254 e. The van der Waals surface area contributed by atoms with E-state index in [9.17, 15) is 9.59 Å². The van der Waals surface area contributed by atoms with Crippen LogP contribution in [0, 0.1) is 0 Å². The zero-order valence-electron chi connectivity index (χ0n) is 16.4. The maximum atomic E-state index is 12.6. The number of nitrogens with two attached hydrogens (primary N) is 1. The Morgan fingerprint density at radius 2 is 1.41 bits per heavy atom. The van der Waals surface area contributed by atoms with E-state index in [4.69, 9.17) is 5.73 Å². The Hall–Kier alpha value is -3.40. The molecular weight excluding hydrogens is 360 g/mol. The molecule has 4 nitrogen and oxygen atoms in total. The summed E-state index contributed by atoms with van der Waals surface area (Å²) in [4.78, 5) is 25.5. The number of carbonyl (C=O) groups excluding carboxylic acids is 2. The molecule has 0 heterocycles. The van der Waals surface area contributed by atoms with Gasteiger partial charge in [-0.2, -0.15) is 0 Å². The predicted molar refractivity (Wildman–Crippen MR) is 115 cm³/mol. The second-order valence-corrected chi connectivity index (χ2v) is 7.17. The van der Waals surface area contributed by atoms with Gasteiger partial charge in [-0.25, -0.2) is 0 Å². The maximum absolute atomic E-state index is 12.6. The number of amides is 2. The lowest BCUT2D eigenvalue weighted by atomic mass is 10.1. The molecule has 1 saturated carbocycles. The third-order valence-electron chi connectivity index (χ3n) is 4.69. The molecule has 0 radical (unpaired) electrons. The van der Waals surface area contributed by atoms with Gasteiger partial charge in [-0.05, 0) is 42.0 Å². The third-order valence-corrected chi connectivity index (χ3v) is 4.69. The molecule has 3 aromatic carbocycles. The number of hydrogen-bond donors (Lipinski definition) is 1. The fourth-order valence-corrected chi connectivity index (χ4v) is 3.12. The molecule has 0 aromatic heterocycles. The van der Waals surface area contributed by atoms with E-state index < -0.39 is 5.91 Å². The summed E-state index contributed by atoms with van der Waals surface area (Å²) in [6.45, 7) is 0.304. The van der Waals surface area contributed by atoms with Gasteiger partial charge in [0, 0.05) is 12.1 Å². The molecule has 0 unspecified atom stereocenters. The van der Waals surface area contributed by atoms with Crippen LogP contribution >= 0.6 is 0 Å². The lowest BCUT2D eigenvalue weighted by Gasteiger charge is -2.21. The van der Waals surface area contributed by atoms with Crippen molar-refractivity contribution in [2.24, 2.45) is 5.73 Å². The van der Waals surface area contributed by atoms with Crippen molar-refractivity contribution in [3.8, 4) is 0 Å². The van der Waals surface area contributed by atoms with Crippen molar-refractivity contribution >= 4 is 11.8 Å². The molecule has 1 aliphatic rings. The molecule has 0 saturated heterocycles. The zero-order chi connectivity index (χ0) is 20.5. The molecule has 0 aliphatic heterocycles. The first-order valence-corrected chi connectivity index (χ1v) is 9.85. The predicted octanol–water partition coefficient (Wildman–Crippen LogP) is 4.38. The average Bonchev–Trinajstić information content (AvgIpc) is 3.61. The van der Waals surface area contributed by atoms with E-state index in [0.717, 1.165) is 5.56 Å². The Morgan fingerprint density at radius 1 is 0.828 bits per heavy atom. The van der Waals surface area contributed by atoms with Gasteiger partial charge >= 0.3 is 0 Å². The summed E-state index contributed by atoms with van der Waals surface area (Å²) in [6.07, 6.45) is 2.47. The Labute approximate surface area is 172 Å². The van der Waals surface area contributed by atoms with Gasteiger partial charge in [-0.3, -0.25) is 9.59 Å². The molecule has 4 heteroatoms. The number of hydrogen-bond acceptors (Lipinski definition) is 2. The van der Waals surface area contributed by atoms with Crippen molar-refractivity contribution in [1.29, 1.82) is 0 Å². The van der Waals surface area contributed by atoms with E-state index in [2.05, 4.69) is 12.1 Å². The Morgan fingerprint density at radius 3 is 1.97 bits per heavy atom. The highest BCUT2D eigenvalue weighted by molar-refractivity contribution is 5.96. The summed E-state index contributed by atoms with van der Waals surface area (Å²) in [7, 11) is 0. The summed E-state index contributed by atoms with van der Waals surface area (Å²) in [5.41, 5.74) is 8.22. The fourth-order valence-electron chi connectivity index (χ4n) is 3.12. The van der Waals surface area contributed by atoms with Gasteiger partial charge in [0.25, 0.3) is 5.91 Å². The Balaban J connectivity index is 0.000000343. The van der Waals surface area contributed by atoms with E-state index in [0.29, 0.717) is 18.0 Å². The minimum atomic E-state index is -0.507. The third kappa shape index (κ3) is 6.61. The van der Waals surface area contributed by atoms with E-state index in [1.54, 1.807) is 12.1 Å². The van der Waals surface area contributed by atoms with E-state index in [-0.39, 0.29) is 12.5 Å². The van der Waals surface area contributed by atoms with Gasteiger partial charge in [0.1, 0.15) is 0 Å². The molecule has 3 aromatic rings. The van der Waals surface area contributed by atoms with Gasteiger partial charge in [-0.1, -0.05) is 78.9 Å². The van der Waals surface area contributed by atoms with E-state index in [1.807, 2.05) is 66.7 Å². The molecule has 0 atom stereocenters. The van der Waals surface area contributed by atoms with Gasteiger partial charge < -0.3 is 10.6 Å². The number of rotatable bonds is 6. The van der Waals surface area contributed by atoms with Gasteiger partial charge in [-0.15, -0.1) is 0 Å². The van der Waals surface area contributed by atoms with Crippen molar-refractivity contribution in [2.45, 2.75) is 25.3 Å². The molecule has 2 N–H and O–H groups in total. The molecular formula is C25H26N2O2. The highest BCUT2D eigenvalue weighted by atomic mass is 16.2. The van der Waals surface area contributed by atoms with Crippen molar-refractivity contribution in [2.75, 3.05) is 6.54 Å². The second kappa shape index (κ2) is 10.2. The number of benzene rings is 3. The molecule has 0 bridgehead atoms. The van der Waals surface area contributed by atoms with Crippen molar-refractivity contribution in [3.05, 3.63) is 108 Å². The molecule has 1 fully saturated rings. The molecule has 148 valence electrons. The van der Waals surface area contributed by atoms with Gasteiger partial charge in [0.2, 0.25) is 5.91 Å². The minimum absolute atomic E-state index is 0.0820. The molecule has 0 spiro atoms.